The molecule has 1 aliphatic rings. The molecule has 1 heterocycles. The van der Waals surface area contributed by atoms with Crippen molar-refractivity contribution < 1.29 is 13.9 Å². The lowest BCUT2D eigenvalue weighted by Crippen LogP contribution is -2.41. The van der Waals surface area contributed by atoms with E-state index in [1.807, 2.05) is 32.9 Å². The van der Waals surface area contributed by atoms with Gasteiger partial charge >= 0.3 is 6.09 Å². The van der Waals surface area contributed by atoms with Gasteiger partial charge in [-0.2, -0.15) is 0 Å². The lowest BCUT2D eigenvalue weighted by molar-refractivity contribution is 0.0524. The Bertz CT molecular complexity index is 490. The molecule has 3 N–H and O–H groups in total. The maximum atomic E-state index is 11.5. The van der Waals surface area contributed by atoms with Gasteiger partial charge in [-0.05, 0) is 45.2 Å². The van der Waals surface area contributed by atoms with Gasteiger partial charge in [0.25, 0.3) is 0 Å². The van der Waals surface area contributed by atoms with Crippen molar-refractivity contribution in [1.29, 1.82) is 0 Å². The van der Waals surface area contributed by atoms with E-state index in [0.717, 1.165) is 17.4 Å². The van der Waals surface area contributed by atoms with Gasteiger partial charge in [-0.3, -0.25) is 0 Å². The minimum atomic E-state index is -0.495. The second-order valence-corrected chi connectivity index (χ2v) is 6.97. The number of nitrogens with one attached hydrogen (secondary N) is 1. The van der Waals surface area contributed by atoms with Crippen molar-refractivity contribution in [3.63, 3.8) is 0 Å². The first-order chi connectivity index (χ1) is 9.74. The Morgan fingerprint density at radius 1 is 1.52 bits per heavy atom. The fourth-order valence-corrected chi connectivity index (χ4v) is 2.28. The Morgan fingerprint density at radius 2 is 2.19 bits per heavy atom. The van der Waals surface area contributed by atoms with E-state index in [1.165, 1.54) is 6.42 Å². The summed E-state index contributed by atoms with van der Waals surface area (Å²) in [7, 11) is 0. The number of amides is 1. The highest BCUT2D eigenvalue weighted by molar-refractivity contribution is 5.67. The van der Waals surface area contributed by atoms with Crippen LogP contribution in [0.5, 0.6) is 0 Å². The molecule has 5 nitrogen and oxygen atoms in total. The second-order valence-electron chi connectivity index (χ2n) is 6.97. The fourth-order valence-electron chi connectivity index (χ4n) is 2.28. The van der Waals surface area contributed by atoms with Crippen molar-refractivity contribution in [2.75, 3.05) is 6.54 Å². The number of rotatable bonds is 5. The first kappa shape index (κ1) is 15.9. The molecular formula is C16H26N2O3. The van der Waals surface area contributed by atoms with E-state index >= 15 is 0 Å². The highest BCUT2D eigenvalue weighted by atomic mass is 16.6. The van der Waals surface area contributed by atoms with Crippen LogP contribution in [0.2, 0.25) is 0 Å². The number of ether oxygens (including phenoxy) is 1. The number of carbonyl (C=O) groups excluding carboxylic acids is 1. The zero-order valence-corrected chi connectivity index (χ0v) is 13.3. The summed E-state index contributed by atoms with van der Waals surface area (Å²) in [6.07, 6.45) is 1.38. The predicted octanol–water partition coefficient (Wildman–Crippen LogP) is 2.80. The van der Waals surface area contributed by atoms with Crippen LogP contribution in [0.4, 0.5) is 4.79 Å². The van der Waals surface area contributed by atoms with E-state index in [-0.39, 0.29) is 6.04 Å². The van der Waals surface area contributed by atoms with E-state index < -0.39 is 11.7 Å². The van der Waals surface area contributed by atoms with Gasteiger partial charge in [0.1, 0.15) is 17.1 Å². The fraction of sp³-hybridized carbons (Fsp3) is 0.688. The summed E-state index contributed by atoms with van der Waals surface area (Å²) in [6.45, 7) is 8.08. The maximum Gasteiger partial charge on any atom is 0.407 e. The molecule has 0 spiro atoms. The Balaban J connectivity index is 1.73. The Hall–Kier alpha value is -1.49. The molecule has 0 radical (unpaired) electrons. The molecule has 1 amide bonds. The molecule has 118 valence electrons. The Kier molecular flexibility index (Phi) is 4.61. The normalized spacial score (nSPS) is 22.7. The number of alkyl carbamates (subject to hydrolysis) is 1. The van der Waals surface area contributed by atoms with Gasteiger partial charge in [-0.25, -0.2) is 4.79 Å². The van der Waals surface area contributed by atoms with Crippen molar-refractivity contribution in [2.45, 2.75) is 58.1 Å². The van der Waals surface area contributed by atoms with Gasteiger partial charge < -0.3 is 20.2 Å². The second kappa shape index (κ2) is 6.10. The summed E-state index contributed by atoms with van der Waals surface area (Å²) in [5.41, 5.74) is 5.52. The minimum absolute atomic E-state index is 0.187. The number of hydrogen-bond donors (Lipinski definition) is 2. The van der Waals surface area contributed by atoms with E-state index in [2.05, 4.69) is 12.2 Å². The molecule has 1 aromatic rings. The van der Waals surface area contributed by atoms with Crippen LogP contribution >= 0.6 is 0 Å². The van der Waals surface area contributed by atoms with Gasteiger partial charge in [0.15, 0.2) is 0 Å². The molecule has 2 rings (SSSR count). The van der Waals surface area contributed by atoms with Gasteiger partial charge in [0.2, 0.25) is 0 Å². The molecular weight excluding hydrogens is 268 g/mol. The largest absolute Gasteiger partial charge is 0.466 e. The topological polar surface area (TPSA) is 77.5 Å². The van der Waals surface area contributed by atoms with Crippen LogP contribution in [0.1, 0.15) is 51.6 Å². The molecule has 1 aliphatic carbocycles. The number of hydrogen-bond acceptors (Lipinski definition) is 4. The summed E-state index contributed by atoms with van der Waals surface area (Å²) >= 11 is 0. The average molecular weight is 294 g/mol. The third-order valence-corrected chi connectivity index (χ3v) is 3.53. The van der Waals surface area contributed by atoms with Crippen LogP contribution in [0.15, 0.2) is 16.5 Å². The number of furan rings is 1. The Labute approximate surface area is 126 Å². The van der Waals surface area contributed by atoms with Crippen molar-refractivity contribution in [1.82, 2.24) is 5.32 Å². The van der Waals surface area contributed by atoms with Crippen LogP contribution in [-0.4, -0.2) is 24.3 Å². The monoisotopic (exact) mass is 294 g/mol. The zero-order valence-electron chi connectivity index (χ0n) is 13.3. The molecule has 1 aromatic heterocycles. The van der Waals surface area contributed by atoms with Crippen LogP contribution in [0.3, 0.4) is 0 Å². The summed E-state index contributed by atoms with van der Waals surface area (Å²) in [5, 5.41) is 2.68. The minimum Gasteiger partial charge on any atom is -0.466 e. The molecule has 0 bridgehead atoms. The standard InChI is InChI=1S/C16H26N2O3/c1-10-7-13(10)14-6-5-12(20-14)8-11(17)9-18-15(19)21-16(2,3)4/h5-6,10-11,13H,7-9,17H2,1-4H3,(H,18,19). The highest BCUT2D eigenvalue weighted by Crippen LogP contribution is 2.47. The van der Waals surface area contributed by atoms with Crippen LogP contribution in [-0.2, 0) is 11.2 Å². The maximum absolute atomic E-state index is 11.5. The molecule has 1 saturated carbocycles. The Morgan fingerprint density at radius 3 is 2.76 bits per heavy atom. The molecule has 0 saturated heterocycles. The van der Waals surface area contributed by atoms with E-state index in [4.69, 9.17) is 14.9 Å². The lowest BCUT2D eigenvalue weighted by Gasteiger charge is -2.20. The summed E-state index contributed by atoms with van der Waals surface area (Å²) in [6, 6.07) is 3.83. The molecule has 1 fully saturated rings. The number of nitrogens with two attached hydrogens (primary N) is 1. The lowest BCUT2D eigenvalue weighted by atomic mass is 10.2. The molecule has 0 aromatic carbocycles. The highest BCUT2D eigenvalue weighted by Gasteiger charge is 2.36. The van der Waals surface area contributed by atoms with E-state index in [0.29, 0.717) is 18.9 Å². The summed E-state index contributed by atoms with van der Waals surface area (Å²) in [4.78, 5) is 11.5. The van der Waals surface area contributed by atoms with Gasteiger partial charge in [-0.1, -0.05) is 6.92 Å². The SMILES string of the molecule is CC1CC1c1ccc(CC(N)CNC(=O)OC(C)(C)C)o1. The first-order valence-electron chi connectivity index (χ1n) is 7.55. The predicted molar refractivity (Wildman–Crippen MR) is 81.1 cm³/mol. The smallest absolute Gasteiger partial charge is 0.407 e. The molecule has 0 aliphatic heterocycles. The van der Waals surface area contributed by atoms with Gasteiger partial charge in [0.05, 0.1) is 0 Å². The molecule has 3 unspecified atom stereocenters. The van der Waals surface area contributed by atoms with Crippen LogP contribution in [0, 0.1) is 5.92 Å². The van der Waals surface area contributed by atoms with Gasteiger partial charge in [0, 0.05) is 24.9 Å². The van der Waals surface area contributed by atoms with Gasteiger partial charge in [-0.15, -0.1) is 0 Å². The van der Waals surface area contributed by atoms with E-state index in [9.17, 15) is 4.79 Å². The quantitative estimate of drug-likeness (QED) is 0.875. The molecule has 3 atom stereocenters. The number of carbonyl (C=O) groups is 1. The average Bonchev–Trinajstić information content (AvgIpc) is 2.89. The van der Waals surface area contributed by atoms with Crippen molar-refractivity contribution in [2.24, 2.45) is 11.7 Å². The first-order valence-corrected chi connectivity index (χ1v) is 7.55. The zero-order chi connectivity index (χ0) is 15.6. The van der Waals surface area contributed by atoms with Crippen LogP contribution < -0.4 is 11.1 Å². The van der Waals surface area contributed by atoms with Crippen LogP contribution in [0.25, 0.3) is 0 Å². The third-order valence-electron chi connectivity index (χ3n) is 3.53. The summed E-state index contributed by atoms with van der Waals surface area (Å²) < 4.78 is 11.0. The van der Waals surface area contributed by atoms with Crippen molar-refractivity contribution in [3.05, 3.63) is 23.7 Å². The van der Waals surface area contributed by atoms with E-state index in [1.54, 1.807) is 0 Å². The third kappa shape index (κ3) is 5.08. The molecule has 21 heavy (non-hydrogen) atoms. The van der Waals surface area contributed by atoms with Crippen molar-refractivity contribution >= 4 is 6.09 Å². The molecule has 5 heteroatoms. The van der Waals surface area contributed by atoms with Crippen molar-refractivity contribution in [3.8, 4) is 0 Å². The summed E-state index contributed by atoms with van der Waals surface area (Å²) in [5.74, 6) is 3.24.